The maximum atomic E-state index is 13.2. The van der Waals surface area contributed by atoms with Gasteiger partial charge in [0.15, 0.2) is 0 Å². The van der Waals surface area contributed by atoms with Gasteiger partial charge in [-0.3, -0.25) is 0 Å². The van der Waals surface area contributed by atoms with E-state index in [4.69, 9.17) is 10.4 Å². The van der Waals surface area contributed by atoms with Crippen LogP contribution in [0.4, 0.5) is 26.3 Å². The quantitative estimate of drug-likeness (QED) is 0.295. The zero-order valence-corrected chi connectivity index (χ0v) is 16.5. The standard InChI is InChI=1S/C22H13F6N3O2/c1-2-13-3-4-30-19-18(13)15(7-14(9-29)20(32)33)11-31(19)10-12-5-16(21(23,24)25)8-17(6-12)22(26,27)28/h2-8,11H,1,10H2,(H,32,33)/b14-7+. The lowest BCUT2D eigenvalue weighted by molar-refractivity contribution is -0.143. The van der Waals surface area contributed by atoms with E-state index in [0.29, 0.717) is 23.1 Å². The van der Waals surface area contributed by atoms with E-state index < -0.39 is 41.6 Å². The van der Waals surface area contributed by atoms with Gasteiger partial charge in [-0.2, -0.15) is 31.6 Å². The van der Waals surface area contributed by atoms with Crippen molar-refractivity contribution in [2.75, 3.05) is 0 Å². The van der Waals surface area contributed by atoms with Crippen LogP contribution in [0.15, 0.2) is 48.8 Å². The number of rotatable bonds is 5. The van der Waals surface area contributed by atoms with Crippen molar-refractivity contribution in [2.24, 2.45) is 0 Å². The third-order valence-electron chi connectivity index (χ3n) is 4.69. The third-order valence-corrected chi connectivity index (χ3v) is 4.69. The second-order valence-corrected chi connectivity index (χ2v) is 6.90. The molecule has 0 aliphatic heterocycles. The molecule has 5 nitrogen and oxygen atoms in total. The number of nitrogens with zero attached hydrogens (tertiary/aromatic N) is 3. The number of hydrogen-bond donors (Lipinski definition) is 1. The Kier molecular flexibility index (Phi) is 6.05. The number of halogens is 6. The number of benzene rings is 1. The minimum Gasteiger partial charge on any atom is -0.477 e. The summed E-state index contributed by atoms with van der Waals surface area (Å²) in [5, 5.41) is 18.5. The SMILES string of the molecule is C=Cc1ccnc2c1c(/C=C(\C#N)C(=O)O)cn2Cc1cc(C(F)(F)F)cc(C(F)(F)F)c1. The second kappa shape index (κ2) is 8.46. The Labute approximate surface area is 182 Å². The fourth-order valence-corrected chi connectivity index (χ4v) is 3.28. The molecule has 0 unspecified atom stereocenters. The minimum absolute atomic E-state index is 0.0333. The second-order valence-electron chi connectivity index (χ2n) is 6.90. The zero-order valence-electron chi connectivity index (χ0n) is 16.5. The van der Waals surface area contributed by atoms with Crippen LogP contribution in [0.5, 0.6) is 0 Å². The number of hydrogen-bond acceptors (Lipinski definition) is 3. The number of fused-ring (bicyclic) bond motifs is 1. The van der Waals surface area contributed by atoms with Crippen LogP contribution in [-0.4, -0.2) is 20.6 Å². The van der Waals surface area contributed by atoms with E-state index in [2.05, 4.69) is 11.6 Å². The van der Waals surface area contributed by atoms with Gasteiger partial charge < -0.3 is 9.67 Å². The summed E-state index contributed by atoms with van der Waals surface area (Å²) in [5.74, 6) is -1.50. The first-order valence-corrected chi connectivity index (χ1v) is 9.09. The average Bonchev–Trinajstić information content (AvgIpc) is 3.07. The molecular weight excluding hydrogens is 452 g/mol. The van der Waals surface area contributed by atoms with Crippen LogP contribution in [0.2, 0.25) is 0 Å². The van der Waals surface area contributed by atoms with Gasteiger partial charge in [-0.25, -0.2) is 9.78 Å². The molecule has 0 amide bonds. The normalized spacial score (nSPS) is 12.6. The number of nitriles is 1. The summed E-state index contributed by atoms with van der Waals surface area (Å²) in [6.45, 7) is 3.21. The maximum Gasteiger partial charge on any atom is 0.416 e. The summed E-state index contributed by atoms with van der Waals surface area (Å²) < 4.78 is 80.5. The molecule has 1 aromatic carbocycles. The molecule has 0 aliphatic carbocycles. The molecule has 0 saturated heterocycles. The summed E-state index contributed by atoms with van der Waals surface area (Å²) in [5.41, 5.74) is -3.00. The topological polar surface area (TPSA) is 78.9 Å². The zero-order chi connectivity index (χ0) is 24.6. The molecule has 3 aromatic rings. The first kappa shape index (κ1) is 23.6. The third kappa shape index (κ3) is 4.90. The Morgan fingerprint density at radius 2 is 1.73 bits per heavy atom. The van der Waals surface area contributed by atoms with Crippen molar-refractivity contribution < 1.29 is 36.2 Å². The van der Waals surface area contributed by atoms with E-state index in [-0.39, 0.29) is 22.8 Å². The smallest absolute Gasteiger partial charge is 0.416 e. The van der Waals surface area contributed by atoms with Crippen molar-refractivity contribution in [1.29, 1.82) is 5.26 Å². The number of carbonyl (C=O) groups is 1. The summed E-state index contributed by atoms with van der Waals surface area (Å²) in [6.07, 6.45) is -4.87. The molecule has 0 bridgehead atoms. The summed E-state index contributed by atoms with van der Waals surface area (Å²) in [4.78, 5) is 15.4. The molecule has 0 spiro atoms. The van der Waals surface area contributed by atoms with Crippen LogP contribution >= 0.6 is 0 Å². The monoisotopic (exact) mass is 465 g/mol. The minimum atomic E-state index is -5.00. The molecule has 170 valence electrons. The molecule has 2 aromatic heterocycles. The molecule has 33 heavy (non-hydrogen) atoms. The molecule has 0 radical (unpaired) electrons. The predicted octanol–water partition coefficient (Wildman–Crippen LogP) is 5.76. The van der Waals surface area contributed by atoms with Crippen molar-refractivity contribution in [2.45, 2.75) is 18.9 Å². The van der Waals surface area contributed by atoms with E-state index in [1.807, 2.05) is 0 Å². The molecule has 11 heteroatoms. The van der Waals surface area contributed by atoms with Gasteiger partial charge in [-0.1, -0.05) is 12.7 Å². The van der Waals surface area contributed by atoms with E-state index in [1.54, 1.807) is 0 Å². The number of alkyl halides is 6. The number of aromatic nitrogens is 2. The molecule has 1 N–H and O–H groups in total. The van der Waals surface area contributed by atoms with E-state index in [1.165, 1.54) is 35.2 Å². The lowest BCUT2D eigenvalue weighted by Gasteiger charge is -2.15. The van der Waals surface area contributed by atoms with Gasteiger partial charge in [0.1, 0.15) is 17.3 Å². The highest BCUT2D eigenvalue weighted by Gasteiger charge is 2.37. The average molecular weight is 465 g/mol. The van der Waals surface area contributed by atoms with Crippen LogP contribution in [0, 0.1) is 11.3 Å². The van der Waals surface area contributed by atoms with E-state index in [0.717, 1.165) is 6.08 Å². The Morgan fingerprint density at radius 1 is 1.12 bits per heavy atom. The Morgan fingerprint density at radius 3 is 2.21 bits per heavy atom. The van der Waals surface area contributed by atoms with Crippen molar-refractivity contribution in [3.63, 3.8) is 0 Å². The van der Waals surface area contributed by atoms with Gasteiger partial charge >= 0.3 is 18.3 Å². The lowest BCUT2D eigenvalue weighted by Crippen LogP contribution is -2.12. The van der Waals surface area contributed by atoms with Crippen LogP contribution in [0.3, 0.4) is 0 Å². The van der Waals surface area contributed by atoms with Crippen LogP contribution < -0.4 is 0 Å². The fourth-order valence-electron chi connectivity index (χ4n) is 3.28. The fraction of sp³-hybridized carbons (Fsp3) is 0.136. The van der Waals surface area contributed by atoms with Gasteiger partial charge in [0.05, 0.1) is 11.1 Å². The molecule has 3 rings (SSSR count). The van der Waals surface area contributed by atoms with Gasteiger partial charge in [0, 0.05) is 29.9 Å². The molecule has 0 fully saturated rings. The van der Waals surface area contributed by atoms with Crippen molar-refractivity contribution in [3.05, 3.63) is 76.6 Å². The number of pyridine rings is 1. The summed E-state index contributed by atoms with van der Waals surface area (Å²) in [6, 6.07) is 4.29. The molecule has 0 saturated carbocycles. The van der Waals surface area contributed by atoms with Gasteiger partial charge in [0.2, 0.25) is 0 Å². The van der Waals surface area contributed by atoms with Crippen molar-refractivity contribution in [3.8, 4) is 6.07 Å². The maximum absolute atomic E-state index is 13.2. The first-order valence-electron chi connectivity index (χ1n) is 9.09. The molecule has 0 atom stereocenters. The van der Waals surface area contributed by atoms with Crippen LogP contribution in [-0.2, 0) is 23.7 Å². The highest BCUT2D eigenvalue weighted by Crippen LogP contribution is 2.37. The lowest BCUT2D eigenvalue weighted by atomic mass is 10.0. The van der Waals surface area contributed by atoms with Crippen LogP contribution in [0.25, 0.3) is 23.2 Å². The van der Waals surface area contributed by atoms with Crippen LogP contribution in [0.1, 0.15) is 27.8 Å². The molecule has 2 heterocycles. The van der Waals surface area contributed by atoms with Gasteiger partial charge in [0.25, 0.3) is 0 Å². The number of carboxylic acid groups (broad SMARTS) is 1. The highest BCUT2D eigenvalue weighted by atomic mass is 19.4. The first-order chi connectivity index (χ1) is 15.3. The Balaban J connectivity index is 2.23. The number of carboxylic acids is 1. The van der Waals surface area contributed by atoms with E-state index in [9.17, 15) is 31.1 Å². The molecule has 0 aliphatic rings. The Bertz CT molecular complexity index is 1290. The molecular formula is C22H13F6N3O2. The van der Waals surface area contributed by atoms with E-state index >= 15 is 0 Å². The number of aliphatic carboxylic acids is 1. The van der Waals surface area contributed by atoms with Crippen molar-refractivity contribution >= 4 is 29.2 Å². The Hall–Kier alpha value is -4.07. The largest absolute Gasteiger partial charge is 0.477 e. The summed E-state index contributed by atoms with van der Waals surface area (Å²) in [7, 11) is 0. The summed E-state index contributed by atoms with van der Waals surface area (Å²) >= 11 is 0. The van der Waals surface area contributed by atoms with Crippen molar-refractivity contribution in [1.82, 2.24) is 9.55 Å². The van der Waals surface area contributed by atoms with Gasteiger partial charge in [-0.15, -0.1) is 0 Å². The van der Waals surface area contributed by atoms with Gasteiger partial charge in [-0.05, 0) is 41.5 Å². The predicted molar refractivity (Wildman–Crippen MR) is 107 cm³/mol. The highest BCUT2D eigenvalue weighted by molar-refractivity contribution is 6.01.